The maximum atomic E-state index is 13.1. The number of nitrogens with one attached hydrogen (secondary N) is 1. The summed E-state index contributed by atoms with van der Waals surface area (Å²) in [5.74, 6) is -1.67. The van der Waals surface area contributed by atoms with E-state index in [9.17, 15) is 19.2 Å². The van der Waals surface area contributed by atoms with Crippen LogP contribution in [0.25, 0.3) is 0 Å². The number of amides is 4. The summed E-state index contributed by atoms with van der Waals surface area (Å²) in [5, 5.41) is 2.21. The average Bonchev–Trinajstić information content (AvgIpc) is 3.10. The Morgan fingerprint density at radius 2 is 1.43 bits per heavy atom. The number of nitrogens with two attached hydrogens (primary N) is 1. The lowest BCUT2D eigenvalue weighted by Gasteiger charge is -2.27. The van der Waals surface area contributed by atoms with Gasteiger partial charge in [0.1, 0.15) is 11.8 Å². The number of hydrogen-bond donors (Lipinski definition) is 2. The Bertz CT molecular complexity index is 901. The predicted octanol–water partition coefficient (Wildman–Crippen LogP) is 4.11. The van der Waals surface area contributed by atoms with E-state index in [1.807, 2.05) is 0 Å². The summed E-state index contributed by atoms with van der Waals surface area (Å²) in [5.41, 5.74) is 5.97. The van der Waals surface area contributed by atoms with Crippen LogP contribution in [0, 0.1) is 0 Å². The number of nitrogens with zero attached hydrogens (tertiary/aromatic N) is 1. The van der Waals surface area contributed by atoms with Crippen molar-refractivity contribution in [1.82, 2.24) is 10.2 Å². The predicted molar refractivity (Wildman–Crippen MR) is 133 cm³/mol. The molecule has 0 aromatic heterocycles. The van der Waals surface area contributed by atoms with Gasteiger partial charge >= 0.3 is 0 Å². The molecule has 8 nitrogen and oxygen atoms in total. The normalized spacial score (nSPS) is 17.6. The molecule has 2 heterocycles. The highest BCUT2D eigenvalue weighted by Crippen LogP contribution is 2.33. The Morgan fingerprint density at radius 1 is 0.829 bits per heavy atom. The second-order valence-corrected chi connectivity index (χ2v) is 9.51. The van der Waals surface area contributed by atoms with E-state index < -0.39 is 23.8 Å². The molecule has 8 heteroatoms. The monoisotopic (exact) mass is 485 g/mol. The van der Waals surface area contributed by atoms with E-state index in [2.05, 4.69) is 5.32 Å². The van der Waals surface area contributed by atoms with E-state index >= 15 is 0 Å². The molecule has 0 spiro atoms. The minimum Gasteiger partial charge on any atom is -0.493 e. The summed E-state index contributed by atoms with van der Waals surface area (Å²) < 4.78 is 5.88. The van der Waals surface area contributed by atoms with Crippen LogP contribution in [0.3, 0.4) is 0 Å². The molecule has 1 aromatic rings. The summed E-state index contributed by atoms with van der Waals surface area (Å²) in [6, 6.07) is 3.98. The molecule has 1 saturated heterocycles. The first kappa shape index (κ1) is 26.9. The molecule has 1 aromatic carbocycles. The molecule has 0 radical (unpaired) electrons. The van der Waals surface area contributed by atoms with Crippen molar-refractivity contribution in [2.24, 2.45) is 5.73 Å². The summed E-state index contributed by atoms with van der Waals surface area (Å²) in [4.78, 5) is 50.6. The maximum Gasteiger partial charge on any atom is 0.266 e. The first-order chi connectivity index (χ1) is 17.0. The van der Waals surface area contributed by atoms with Crippen molar-refractivity contribution in [2.45, 2.75) is 95.9 Å². The molecule has 1 atom stereocenters. The number of rotatable bonds is 16. The molecule has 35 heavy (non-hydrogen) atoms. The van der Waals surface area contributed by atoms with E-state index in [-0.39, 0.29) is 29.9 Å². The summed E-state index contributed by atoms with van der Waals surface area (Å²) in [6.45, 7) is 1.28. The molecular formula is C27H39N3O5. The Hall–Kier alpha value is -2.74. The fraction of sp³-hybridized carbons (Fsp3) is 0.630. The molecule has 0 bridgehead atoms. The highest BCUT2D eigenvalue weighted by atomic mass is 16.5. The molecule has 1 fully saturated rings. The largest absolute Gasteiger partial charge is 0.493 e. The summed E-state index contributed by atoms with van der Waals surface area (Å²) in [6.07, 6.45) is 14.8. The van der Waals surface area contributed by atoms with Gasteiger partial charge in [-0.15, -0.1) is 0 Å². The Balaban J connectivity index is 1.35. The van der Waals surface area contributed by atoms with Gasteiger partial charge in [-0.05, 0) is 37.9 Å². The van der Waals surface area contributed by atoms with E-state index in [1.165, 1.54) is 51.4 Å². The van der Waals surface area contributed by atoms with Crippen LogP contribution in [0.1, 0.15) is 111 Å². The Labute approximate surface area is 207 Å². The van der Waals surface area contributed by atoms with Gasteiger partial charge in [0.25, 0.3) is 11.8 Å². The zero-order valence-electron chi connectivity index (χ0n) is 20.7. The highest BCUT2D eigenvalue weighted by molar-refractivity contribution is 6.24. The lowest BCUT2D eigenvalue weighted by Crippen LogP contribution is -2.54. The van der Waals surface area contributed by atoms with Crippen LogP contribution in [0.4, 0.5) is 0 Å². The molecule has 2 aliphatic heterocycles. The second-order valence-electron chi connectivity index (χ2n) is 9.51. The zero-order valence-corrected chi connectivity index (χ0v) is 20.7. The van der Waals surface area contributed by atoms with Gasteiger partial charge in [-0.3, -0.25) is 29.4 Å². The number of carbonyl (C=O) groups is 4. The average molecular weight is 486 g/mol. The van der Waals surface area contributed by atoms with Gasteiger partial charge in [0, 0.05) is 6.42 Å². The number of benzene rings is 1. The lowest BCUT2D eigenvalue weighted by molar-refractivity contribution is -0.136. The number of fused-ring (bicyclic) bond motifs is 1. The SMILES string of the molecule is NCCCCCCCCCCCCCCOc1cccc2c1C(=O)N(C1CCC(=O)NC1=O)C2=O. The number of imide groups is 2. The molecule has 0 aliphatic carbocycles. The Morgan fingerprint density at radius 3 is 2.03 bits per heavy atom. The second kappa shape index (κ2) is 14.0. The zero-order chi connectivity index (χ0) is 25.0. The smallest absolute Gasteiger partial charge is 0.266 e. The van der Waals surface area contributed by atoms with Crippen molar-refractivity contribution in [3.8, 4) is 5.75 Å². The minimum atomic E-state index is -0.968. The quantitative estimate of drug-likeness (QED) is 0.269. The molecule has 0 saturated carbocycles. The molecule has 4 amide bonds. The third-order valence-corrected chi connectivity index (χ3v) is 6.79. The van der Waals surface area contributed by atoms with Crippen molar-refractivity contribution in [1.29, 1.82) is 0 Å². The first-order valence-corrected chi connectivity index (χ1v) is 13.2. The van der Waals surface area contributed by atoms with Crippen LogP contribution in [-0.2, 0) is 9.59 Å². The first-order valence-electron chi connectivity index (χ1n) is 13.2. The topological polar surface area (TPSA) is 119 Å². The Kier molecular flexibility index (Phi) is 10.7. The number of ether oxygens (including phenoxy) is 1. The van der Waals surface area contributed by atoms with E-state index in [0.29, 0.717) is 12.4 Å². The lowest BCUT2D eigenvalue weighted by atomic mass is 10.0. The molecule has 3 N–H and O–H groups in total. The fourth-order valence-electron chi connectivity index (χ4n) is 4.80. The molecular weight excluding hydrogens is 446 g/mol. The van der Waals surface area contributed by atoms with Crippen molar-refractivity contribution in [3.05, 3.63) is 29.3 Å². The number of carbonyl (C=O) groups excluding carboxylic acids is 4. The van der Waals surface area contributed by atoms with Crippen LogP contribution in [0.15, 0.2) is 18.2 Å². The van der Waals surface area contributed by atoms with Crippen LogP contribution >= 0.6 is 0 Å². The van der Waals surface area contributed by atoms with Gasteiger partial charge in [0.05, 0.1) is 17.7 Å². The van der Waals surface area contributed by atoms with Crippen LogP contribution in [-0.4, -0.2) is 47.7 Å². The molecule has 192 valence electrons. The van der Waals surface area contributed by atoms with Gasteiger partial charge in [0.15, 0.2) is 0 Å². The van der Waals surface area contributed by atoms with E-state index in [0.717, 1.165) is 37.1 Å². The van der Waals surface area contributed by atoms with Gasteiger partial charge in [0.2, 0.25) is 11.8 Å². The van der Waals surface area contributed by atoms with Gasteiger partial charge in [-0.25, -0.2) is 0 Å². The number of unbranched alkanes of at least 4 members (excludes halogenated alkanes) is 11. The number of piperidine rings is 1. The maximum absolute atomic E-state index is 13.1. The molecule has 1 unspecified atom stereocenters. The van der Waals surface area contributed by atoms with Crippen LogP contribution < -0.4 is 15.8 Å². The molecule has 2 aliphatic rings. The third kappa shape index (κ3) is 7.37. The van der Waals surface area contributed by atoms with Crippen molar-refractivity contribution < 1.29 is 23.9 Å². The summed E-state index contributed by atoms with van der Waals surface area (Å²) >= 11 is 0. The number of hydrogen-bond acceptors (Lipinski definition) is 6. The fourth-order valence-corrected chi connectivity index (χ4v) is 4.80. The van der Waals surface area contributed by atoms with Crippen molar-refractivity contribution in [3.63, 3.8) is 0 Å². The molecule has 3 rings (SSSR count). The van der Waals surface area contributed by atoms with Crippen LogP contribution in [0.2, 0.25) is 0 Å². The van der Waals surface area contributed by atoms with Crippen molar-refractivity contribution >= 4 is 23.6 Å². The highest BCUT2D eigenvalue weighted by Gasteiger charge is 2.45. The van der Waals surface area contributed by atoms with E-state index in [1.54, 1.807) is 18.2 Å². The summed E-state index contributed by atoms with van der Waals surface area (Å²) in [7, 11) is 0. The van der Waals surface area contributed by atoms with Gasteiger partial charge < -0.3 is 10.5 Å². The van der Waals surface area contributed by atoms with Gasteiger partial charge in [-0.2, -0.15) is 0 Å². The van der Waals surface area contributed by atoms with Crippen molar-refractivity contribution in [2.75, 3.05) is 13.2 Å². The van der Waals surface area contributed by atoms with E-state index in [4.69, 9.17) is 10.5 Å². The third-order valence-electron chi connectivity index (χ3n) is 6.79. The minimum absolute atomic E-state index is 0.0996. The standard InChI is InChI=1S/C27H39N3O5/c28-18-11-9-7-5-3-1-2-4-6-8-10-12-19-35-22-15-13-14-20-24(22)27(34)30(26(20)33)21-16-17-23(31)29-25(21)32/h13-15,21H,1-12,16-19,28H2,(H,29,31,32). The van der Waals surface area contributed by atoms with Crippen LogP contribution in [0.5, 0.6) is 5.75 Å². The van der Waals surface area contributed by atoms with Gasteiger partial charge in [-0.1, -0.05) is 70.3 Å².